The Bertz CT molecular complexity index is 1370. The molecule has 3 unspecified atom stereocenters. The minimum absolute atomic E-state index is 0.0652. The second kappa shape index (κ2) is 13.5. The SMILES string of the molecule is COC(CCCOc1ccc(C2CCN(C(=O)O)CC2OCc2ccc3ccccc3c2)cc1)c1ccccc1. The molecule has 1 aliphatic heterocycles. The molecule has 0 aliphatic carbocycles. The molecular weight excluding hydrogens is 502 g/mol. The van der Waals surface area contributed by atoms with Gasteiger partial charge in [-0.3, -0.25) is 0 Å². The van der Waals surface area contributed by atoms with Gasteiger partial charge in [-0.15, -0.1) is 0 Å². The summed E-state index contributed by atoms with van der Waals surface area (Å²) in [4.78, 5) is 13.2. The standard InChI is InChI=1S/C34H37NO5/c1-38-32(28-9-3-2-4-10-28)12-7-21-39-30-17-15-27(16-18-30)31-19-20-35(34(36)37)23-33(31)40-24-25-13-14-26-8-5-6-11-29(26)22-25/h2-6,8-11,13-18,22,31-33H,7,12,19-21,23-24H2,1H3,(H,36,37). The molecule has 0 radical (unpaired) electrons. The van der Waals surface area contributed by atoms with Crippen molar-refractivity contribution >= 4 is 16.9 Å². The molecule has 1 amide bonds. The van der Waals surface area contributed by atoms with Gasteiger partial charge in [-0.25, -0.2) is 4.79 Å². The summed E-state index contributed by atoms with van der Waals surface area (Å²) in [5.74, 6) is 0.937. The molecule has 1 N–H and O–H groups in total. The molecule has 0 aromatic heterocycles. The van der Waals surface area contributed by atoms with Crippen LogP contribution in [0.3, 0.4) is 0 Å². The van der Waals surface area contributed by atoms with E-state index >= 15 is 0 Å². The molecule has 4 aromatic rings. The van der Waals surface area contributed by atoms with Crippen LogP contribution in [0.1, 0.15) is 48.0 Å². The van der Waals surface area contributed by atoms with Gasteiger partial charge in [-0.1, -0.05) is 78.9 Å². The molecule has 1 fully saturated rings. The van der Waals surface area contributed by atoms with Crippen molar-refractivity contribution in [2.75, 3.05) is 26.8 Å². The monoisotopic (exact) mass is 539 g/mol. The molecule has 1 saturated heterocycles. The number of likely N-dealkylation sites (tertiary alicyclic amines) is 1. The Morgan fingerprint density at radius 2 is 1.70 bits per heavy atom. The number of nitrogens with zero attached hydrogens (tertiary/aromatic N) is 1. The van der Waals surface area contributed by atoms with E-state index in [-0.39, 0.29) is 18.1 Å². The van der Waals surface area contributed by atoms with Crippen LogP contribution < -0.4 is 4.74 Å². The lowest BCUT2D eigenvalue weighted by Gasteiger charge is -2.37. The number of hydrogen-bond acceptors (Lipinski definition) is 4. The summed E-state index contributed by atoms with van der Waals surface area (Å²) in [5, 5.41) is 12.0. The molecule has 1 aliphatic rings. The van der Waals surface area contributed by atoms with Crippen LogP contribution in [-0.4, -0.2) is 49.0 Å². The third kappa shape index (κ3) is 7.00. The second-order valence-corrected chi connectivity index (χ2v) is 10.3. The van der Waals surface area contributed by atoms with Crippen molar-refractivity contribution in [3.05, 3.63) is 114 Å². The van der Waals surface area contributed by atoms with Crippen LogP contribution in [0.2, 0.25) is 0 Å². The summed E-state index contributed by atoms with van der Waals surface area (Å²) < 4.78 is 18.1. The highest BCUT2D eigenvalue weighted by Gasteiger charge is 2.33. The highest BCUT2D eigenvalue weighted by molar-refractivity contribution is 5.82. The number of methoxy groups -OCH3 is 1. The molecule has 1 heterocycles. The predicted molar refractivity (Wildman–Crippen MR) is 157 cm³/mol. The molecule has 4 aromatic carbocycles. The third-order valence-electron chi connectivity index (χ3n) is 7.75. The van der Waals surface area contributed by atoms with Gasteiger partial charge in [-0.05, 0) is 64.9 Å². The lowest BCUT2D eigenvalue weighted by Crippen LogP contribution is -2.46. The van der Waals surface area contributed by atoms with E-state index in [0.29, 0.717) is 32.7 Å². The molecule has 40 heavy (non-hydrogen) atoms. The van der Waals surface area contributed by atoms with Gasteiger partial charge in [-0.2, -0.15) is 0 Å². The average Bonchev–Trinajstić information content (AvgIpc) is 3.00. The Balaban J connectivity index is 1.18. The van der Waals surface area contributed by atoms with E-state index in [0.717, 1.165) is 29.7 Å². The van der Waals surface area contributed by atoms with Gasteiger partial charge in [0.15, 0.2) is 0 Å². The quantitative estimate of drug-likeness (QED) is 0.201. The smallest absolute Gasteiger partial charge is 0.407 e. The van der Waals surface area contributed by atoms with Crippen LogP contribution in [0.4, 0.5) is 4.79 Å². The zero-order valence-electron chi connectivity index (χ0n) is 22.9. The summed E-state index contributed by atoms with van der Waals surface area (Å²) >= 11 is 0. The fourth-order valence-corrected chi connectivity index (χ4v) is 5.53. The number of fused-ring (bicyclic) bond motifs is 1. The van der Waals surface area contributed by atoms with Crippen molar-refractivity contribution in [1.29, 1.82) is 0 Å². The van der Waals surface area contributed by atoms with Crippen LogP contribution in [-0.2, 0) is 16.1 Å². The number of piperidine rings is 1. The minimum Gasteiger partial charge on any atom is -0.494 e. The van der Waals surface area contributed by atoms with Gasteiger partial charge < -0.3 is 24.2 Å². The summed E-state index contributed by atoms with van der Waals surface area (Å²) in [6.45, 7) is 1.90. The first-order chi connectivity index (χ1) is 19.6. The Hall–Kier alpha value is -3.87. The predicted octanol–water partition coefficient (Wildman–Crippen LogP) is 7.44. The topological polar surface area (TPSA) is 68.2 Å². The molecule has 0 saturated carbocycles. The van der Waals surface area contributed by atoms with Gasteiger partial charge in [0.25, 0.3) is 0 Å². The van der Waals surface area contributed by atoms with Crippen molar-refractivity contribution in [3.63, 3.8) is 0 Å². The maximum atomic E-state index is 11.7. The zero-order chi connectivity index (χ0) is 27.7. The molecule has 6 nitrogen and oxygen atoms in total. The minimum atomic E-state index is -0.899. The second-order valence-electron chi connectivity index (χ2n) is 10.3. The van der Waals surface area contributed by atoms with Crippen LogP contribution in [0.15, 0.2) is 97.1 Å². The average molecular weight is 540 g/mol. The molecule has 0 bridgehead atoms. The van der Waals surface area contributed by atoms with Crippen molar-refractivity contribution in [2.24, 2.45) is 0 Å². The van der Waals surface area contributed by atoms with E-state index in [4.69, 9.17) is 14.2 Å². The number of ether oxygens (including phenoxy) is 3. The normalized spacial score (nSPS) is 18.0. The Morgan fingerprint density at radius 1 is 0.950 bits per heavy atom. The number of benzene rings is 4. The zero-order valence-corrected chi connectivity index (χ0v) is 22.9. The van der Waals surface area contributed by atoms with E-state index in [1.807, 2.05) is 42.5 Å². The maximum absolute atomic E-state index is 11.7. The number of amides is 1. The van der Waals surface area contributed by atoms with E-state index in [2.05, 4.69) is 54.6 Å². The number of carbonyl (C=O) groups is 1. The lowest BCUT2D eigenvalue weighted by molar-refractivity contribution is -0.0199. The first-order valence-corrected chi connectivity index (χ1v) is 14.0. The Morgan fingerprint density at radius 3 is 2.45 bits per heavy atom. The number of rotatable bonds is 11. The molecule has 5 rings (SSSR count). The third-order valence-corrected chi connectivity index (χ3v) is 7.75. The van der Waals surface area contributed by atoms with Crippen molar-refractivity contribution in [3.8, 4) is 5.75 Å². The van der Waals surface area contributed by atoms with E-state index in [9.17, 15) is 9.90 Å². The molecular formula is C34H37NO5. The van der Waals surface area contributed by atoms with Gasteiger partial charge in [0.1, 0.15) is 5.75 Å². The van der Waals surface area contributed by atoms with Crippen LogP contribution >= 0.6 is 0 Å². The number of carboxylic acid groups (broad SMARTS) is 1. The lowest BCUT2D eigenvalue weighted by atomic mass is 9.87. The Labute approximate surface area is 236 Å². The molecule has 0 spiro atoms. The van der Waals surface area contributed by atoms with Gasteiger partial charge in [0.05, 0.1) is 32.0 Å². The molecule has 6 heteroatoms. The van der Waals surface area contributed by atoms with Gasteiger partial charge in [0, 0.05) is 19.6 Å². The van der Waals surface area contributed by atoms with Crippen molar-refractivity contribution in [2.45, 2.75) is 44.0 Å². The maximum Gasteiger partial charge on any atom is 0.407 e. The summed E-state index contributed by atoms with van der Waals surface area (Å²) in [6.07, 6.45) is 1.42. The van der Waals surface area contributed by atoms with E-state index in [1.54, 1.807) is 7.11 Å². The number of hydrogen-bond donors (Lipinski definition) is 1. The van der Waals surface area contributed by atoms with Crippen LogP contribution in [0.25, 0.3) is 10.8 Å². The first kappa shape index (κ1) is 27.7. The van der Waals surface area contributed by atoms with Gasteiger partial charge in [0.2, 0.25) is 0 Å². The largest absolute Gasteiger partial charge is 0.494 e. The fourth-order valence-electron chi connectivity index (χ4n) is 5.53. The molecule has 3 atom stereocenters. The van der Waals surface area contributed by atoms with Gasteiger partial charge >= 0.3 is 6.09 Å². The highest BCUT2D eigenvalue weighted by atomic mass is 16.5. The van der Waals surface area contributed by atoms with E-state index < -0.39 is 6.09 Å². The summed E-state index contributed by atoms with van der Waals surface area (Å²) in [7, 11) is 1.75. The highest BCUT2D eigenvalue weighted by Crippen LogP contribution is 2.32. The first-order valence-electron chi connectivity index (χ1n) is 14.0. The molecule has 208 valence electrons. The summed E-state index contributed by atoms with van der Waals surface area (Å²) in [5.41, 5.74) is 3.40. The van der Waals surface area contributed by atoms with E-state index in [1.165, 1.54) is 21.2 Å². The summed E-state index contributed by atoms with van der Waals surface area (Å²) in [6, 6.07) is 33.0. The Kier molecular flexibility index (Phi) is 9.32. The van der Waals surface area contributed by atoms with Crippen LogP contribution in [0, 0.1) is 0 Å². The fraction of sp³-hybridized carbons (Fsp3) is 0.324. The van der Waals surface area contributed by atoms with Crippen LogP contribution in [0.5, 0.6) is 5.75 Å². The van der Waals surface area contributed by atoms with Crippen molar-refractivity contribution < 1.29 is 24.1 Å². The van der Waals surface area contributed by atoms with Crippen molar-refractivity contribution in [1.82, 2.24) is 4.90 Å².